The number of hydrogen-bond donors (Lipinski definition) is 1. The number of imidazole rings is 1. The molecule has 4 nitrogen and oxygen atoms in total. The van der Waals surface area contributed by atoms with E-state index >= 15 is 0 Å². The highest BCUT2D eigenvalue weighted by molar-refractivity contribution is 7.09. The Morgan fingerprint density at radius 2 is 2.40 bits per heavy atom. The van der Waals surface area contributed by atoms with Crippen LogP contribution < -0.4 is 5.32 Å². The van der Waals surface area contributed by atoms with E-state index in [1.54, 1.807) is 11.3 Å². The lowest BCUT2D eigenvalue weighted by molar-refractivity contribution is 0.582. The first-order valence-corrected chi connectivity index (χ1v) is 5.87. The molecule has 1 N–H and O–H groups in total. The van der Waals surface area contributed by atoms with Gasteiger partial charge in [-0.2, -0.15) is 0 Å². The normalized spacial score (nSPS) is 10.7. The Morgan fingerprint density at radius 1 is 1.40 bits per heavy atom. The molecule has 0 spiro atoms. The van der Waals surface area contributed by atoms with Gasteiger partial charge in [-0.05, 0) is 13.0 Å². The first-order valence-electron chi connectivity index (χ1n) is 4.99. The van der Waals surface area contributed by atoms with E-state index in [9.17, 15) is 0 Å². The number of aromatic nitrogens is 3. The van der Waals surface area contributed by atoms with Crippen LogP contribution in [0.1, 0.15) is 11.3 Å². The van der Waals surface area contributed by atoms with Crippen molar-refractivity contribution in [3.63, 3.8) is 0 Å². The van der Waals surface area contributed by atoms with Gasteiger partial charge in [0.15, 0.2) is 0 Å². The summed E-state index contributed by atoms with van der Waals surface area (Å²) in [6, 6.07) is 0. The van der Waals surface area contributed by atoms with Gasteiger partial charge in [0.1, 0.15) is 0 Å². The lowest BCUT2D eigenvalue weighted by atomic mass is 10.4. The third-order valence-electron chi connectivity index (χ3n) is 2.11. The maximum Gasteiger partial charge on any atom is 0.0945 e. The van der Waals surface area contributed by atoms with Gasteiger partial charge >= 0.3 is 0 Å². The van der Waals surface area contributed by atoms with Gasteiger partial charge in [-0.15, -0.1) is 11.3 Å². The lowest BCUT2D eigenvalue weighted by Gasteiger charge is -2.03. The molecular formula is C10H14N4S. The van der Waals surface area contributed by atoms with E-state index in [1.165, 1.54) is 4.88 Å². The van der Waals surface area contributed by atoms with E-state index in [-0.39, 0.29) is 0 Å². The molecule has 0 unspecified atom stereocenters. The number of nitrogens with one attached hydrogen (secondary N) is 1. The topological polar surface area (TPSA) is 42.7 Å². The number of thiazole rings is 1. The zero-order valence-corrected chi connectivity index (χ0v) is 9.28. The van der Waals surface area contributed by atoms with Crippen molar-refractivity contribution in [1.29, 1.82) is 0 Å². The van der Waals surface area contributed by atoms with Crippen molar-refractivity contribution >= 4 is 11.3 Å². The van der Waals surface area contributed by atoms with E-state index in [0.717, 1.165) is 26.1 Å². The standard InChI is InChI=1S/C10H14N4S/c1(4-14-5-3-12-8-14)2-11-6-10-7-13-9-15-10/h3,5,7-9,11H,1-2,4,6H2. The largest absolute Gasteiger partial charge is 0.337 e. The molecule has 15 heavy (non-hydrogen) atoms. The molecule has 0 saturated carbocycles. The molecule has 0 bridgehead atoms. The maximum absolute atomic E-state index is 4.03. The fourth-order valence-electron chi connectivity index (χ4n) is 1.35. The van der Waals surface area contributed by atoms with Crippen molar-refractivity contribution in [3.05, 3.63) is 35.3 Å². The summed E-state index contributed by atoms with van der Waals surface area (Å²) < 4.78 is 2.09. The first-order chi connectivity index (χ1) is 7.45. The number of nitrogens with zero attached hydrogens (tertiary/aromatic N) is 3. The van der Waals surface area contributed by atoms with Crippen LogP contribution in [0, 0.1) is 0 Å². The summed E-state index contributed by atoms with van der Waals surface area (Å²) in [6.07, 6.45) is 8.68. The Morgan fingerprint density at radius 3 is 3.13 bits per heavy atom. The van der Waals surface area contributed by atoms with Crippen molar-refractivity contribution in [2.24, 2.45) is 0 Å². The van der Waals surface area contributed by atoms with Gasteiger partial charge in [-0.1, -0.05) is 0 Å². The van der Waals surface area contributed by atoms with E-state index in [0.29, 0.717) is 0 Å². The van der Waals surface area contributed by atoms with E-state index in [1.807, 2.05) is 30.4 Å². The van der Waals surface area contributed by atoms with Gasteiger partial charge < -0.3 is 9.88 Å². The summed E-state index contributed by atoms with van der Waals surface area (Å²) in [5.41, 5.74) is 1.86. The Balaban J connectivity index is 1.56. The molecule has 0 aliphatic rings. The highest BCUT2D eigenvalue weighted by Gasteiger charge is 1.94. The fraction of sp³-hybridized carbons (Fsp3) is 0.400. The Bertz CT molecular complexity index is 318. The molecule has 5 heteroatoms. The average molecular weight is 222 g/mol. The van der Waals surface area contributed by atoms with Crippen LogP contribution in [0.2, 0.25) is 0 Å². The van der Waals surface area contributed by atoms with Crippen LogP contribution in [0.3, 0.4) is 0 Å². The Hall–Kier alpha value is -1.20. The van der Waals surface area contributed by atoms with Crippen LogP contribution in [0.15, 0.2) is 30.4 Å². The van der Waals surface area contributed by atoms with Crippen LogP contribution in [-0.2, 0) is 13.1 Å². The highest BCUT2D eigenvalue weighted by atomic mass is 32.1. The Labute approximate surface area is 93.0 Å². The molecule has 2 aromatic rings. The summed E-state index contributed by atoms with van der Waals surface area (Å²) in [5, 5.41) is 3.39. The molecule has 80 valence electrons. The minimum Gasteiger partial charge on any atom is -0.337 e. The van der Waals surface area contributed by atoms with Crippen LogP contribution in [0.4, 0.5) is 0 Å². The van der Waals surface area contributed by atoms with E-state index in [2.05, 4.69) is 19.9 Å². The zero-order chi connectivity index (χ0) is 10.3. The van der Waals surface area contributed by atoms with Crippen LogP contribution >= 0.6 is 11.3 Å². The van der Waals surface area contributed by atoms with Crippen molar-refractivity contribution in [3.8, 4) is 0 Å². The molecule has 2 rings (SSSR count). The molecule has 0 amide bonds. The number of rotatable bonds is 6. The zero-order valence-electron chi connectivity index (χ0n) is 8.47. The predicted octanol–water partition coefficient (Wildman–Crippen LogP) is 1.52. The van der Waals surface area contributed by atoms with Crippen molar-refractivity contribution < 1.29 is 0 Å². The average Bonchev–Trinajstić information content (AvgIpc) is 2.88. The summed E-state index contributed by atoms with van der Waals surface area (Å²) in [4.78, 5) is 9.31. The molecule has 2 heterocycles. The van der Waals surface area contributed by atoms with Gasteiger partial charge in [0.2, 0.25) is 0 Å². The molecule has 0 atom stereocenters. The SMILES string of the molecule is c1cn(CCCNCc2cncs2)cn1. The molecule has 0 radical (unpaired) electrons. The van der Waals surface area contributed by atoms with E-state index in [4.69, 9.17) is 0 Å². The van der Waals surface area contributed by atoms with Crippen LogP contribution in [-0.4, -0.2) is 21.1 Å². The van der Waals surface area contributed by atoms with Crippen molar-refractivity contribution in [2.45, 2.75) is 19.5 Å². The van der Waals surface area contributed by atoms with Crippen molar-refractivity contribution in [2.75, 3.05) is 6.54 Å². The second-order valence-electron chi connectivity index (χ2n) is 3.30. The number of hydrogen-bond acceptors (Lipinski definition) is 4. The van der Waals surface area contributed by atoms with Crippen molar-refractivity contribution in [1.82, 2.24) is 19.9 Å². The monoisotopic (exact) mass is 222 g/mol. The summed E-state index contributed by atoms with van der Waals surface area (Å²) in [7, 11) is 0. The van der Waals surface area contributed by atoms with Gasteiger partial charge in [0.05, 0.1) is 11.8 Å². The van der Waals surface area contributed by atoms with E-state index < -0.39 is 0 Å². The predicted molar refractivity (Wildman–Crippen MR) is 60.7 cm³/mol. The van der Waals surface area contributed by atoms with Crippen LogP contribution in [0.25, 0.3) is 0 Å². The van der Waals surface area contributed by atoms with Gasteiger partial charge in [0.25, 0.3) is 0 Å². The molecule has 0 aliphatic heterocycles. The molecule has 0 fully saturated rings. The molecule has 2 aromatic heterocycles. The minimum atomic E-state index is 0.925. The third kappa shape index (κ3) is 3.45. The lowest BCUT2D eigenvalue weighted by Crippen LogP contribution is -2.15. The Kier molecular flexibility index (Phi) is 3.87. The second-order valence-corrected chi connectivity index (χ2v) is 4.27. The smallest absolute Gasteiger partial charge is 0.0945 e. The minimum absolute atomic E-state index is 0.925. The quantitative estimate of drug-likeness (QED) is 0.754. The molecular weight excluding hydrogens is 208 g/mol. The first kappa shape index (κ1) is 10.3. The second kappa shape index (κ2) is 5.63. The summed E-state index contributed by atoms with van der Waals surface area (Å²) >= 11 is 1.69. The highest BCUT2D eigenvalue weighted by Crippen LogP contribution is 2.03. The molecule has 0 aliphatic carbocycles. The summed E-state index contributed by atoms with van der Waals surface area (Å²) in [6.45, 7) is 2.97. The number of aryl methyl sites for hydroxylation is 1. The third-order valence-corrected chi connectivity index (χ3v) is 2.89. The maximum atomic E-state index is 4.03. The van der Waals surface area contributed by atoms with Gasteiger partial charge in [-0.25, -0.2) is 4.98 Å². The fourth-order valence-corrected chi connectivity index (χ4v) is 1.91. The van der Waals surface area contributed by atoms with Gasteiger partial charge in [0, 0.05) is 36.6 Å². The van der Waals surface area contributed by atoms with Gasteiger partial charge in [-0.3, -0.25) is 4.98 Å². The van der Waals surface area contributed by atoms with Crippen LogP contribution in [0.5, 0.6) is 0 Å². The molecule has 0 saturated heterocycles. The summed E-state index contributed by atoms with van der Waals surface area (Å²) in [5.74, 6) is 0. The molecule has 0 aromatic carbocycles.